The smallest absolute Gasteiger partial charge is 0.460 e. The van der Waals surface area contributed by atoms with Gasteiger partial charge in [-0.05, 0) is 17.7 Å². The number of para-hydroxylation sites is 1. The minimum Gasteiger partial charge on any atom is -0.460 e. The standard InChI is InChI=1S/C19H16F3NO4/c20-19(21,22)27-16-9-5-4-8-15(16)10-11-17(24)23-12-18(25)26-13-14-6-2-1-3-7-14/h1-11H,12-13H2,(H,23,24)/b11-10+. The highest BCUT2D eigenvalue weighted by Gasteiger charge is 2.31. The first-order chi connectivity index (χ1) is 12.8. The zero-order valence-electron chi connectivity index (χ0n) is 14.0. The van der Waals surface area contributed by atoms with Crippen LogP contribution in [0.15, 0.2) is 60.7 Å². The molecule has 0 heterocycles. The van der Waals surface area contributed by atoms with E-state index in [1.54, 1.807) is 24.3 Å². The third-order valence-corrected chi connectivity index (χ3v) is 3.21. The van der Waals surface area contributed by atoms with Crippen LogP contribution in [0.4, 0.5) is 13.2 Å². The molecule has 0 spiro atoms. The van der Waals surface area contributed by atoms with Crippen LogP contribution in [0, 0.1) is 0 Å². The molecule has 2 rings (SSSR count). The van der Waals surface area contributed by atoms with Gasteiger partial charge in [0.2, 0.25) is 5.91 Å². The van der Waals surface area contributed by atoms with Crippen molar-refractivity contribution in [1.29, 1.82) is 0 Å². The van der Waals surface area contributed by atoms with E-state index in [-0.39, 0.29) is 18.7 Å². The molecular formula is C19H16F3NO4. The average molecular weight is 379 g/mol. The van der Waals surface area contributed by atoms with Gasteiger partial charge in [-0.2, -0.15) is 0 Å². The molecule has 0 atom stereocenters. The summed E-state index contributed by atoms with van der Waals surface area (Å²) in [6.45, 7) is -0.287. The normalized spacial score (nSPS) is 11.2. The van der Waals surface area contributed by atoms with Crippen molar-refractivity contribution < 1.29 is 32.2 Å². The van der Waals surface area contributed by atoms with E-state index in [9.17, 15) is 22.8 Å². The maximum atomic E-state index is 12.3. The minimum absolute atomic E-state index is 0.0663. The van der Waals surface area contributed by atoms with Crippen LogP contribution in [0.5, 0.6) is 5.75 Å². The van der Waals surface area contributed by atoms with Crippen molar-refractivity contribution in [1.82, 2.24) is 5.32 Å². The van der Waals surface area contributed by atoms with Crippen LogP contribution in [-0.4, -0.2) is 24.8 Å². The molecule has 0 fully saturated rings. The molecule has 0 bridgehead atoms. The predicted octanol–water partition coefficient (Wildman–Crippen LogP) is 3.46. The lowest BCUT2D eigenvalue weighted by Gasteiger charge is -2.11. The number of hydrogen-bond donors (Lipinski definition) is 1. The molecule has 0 aliphatic rings. The van der Waals surface area contributed by atoms with E-state index < -0.39 is 24.0 Å². The third kappa shape index (κ3) is 7.64. The molecule has 0 radical (unpaired) electrons. The molecule has 0 saturated carbocycles. The summed E-state index contributed by atoms with van der Waals surface area (Å²) in [7, 11) is 0. The van der Waals surface area contributed by atoms with Crippen LogP contribution in [-0.2, 0) is 20.9 Å². The number of halogens is 3. The zero-order valence-corrected chi connectivity index (χ0v) is 14.0. The number of hydrogen-bond acceptors (Lipinski definition) is 4. The summed E-state index contributed by atoms with van der Waals surface area (Å²) in [6, 6.07) is 14.4. The fourth-order valence-corrected chi connectivity index (χ4v) is 2.01. The van der Waals surface area contributed by atoms with Crippen LogP contribution >= 0.6 is 0 Å². The Balaban J connectivity index is 1.82. The van der Waals surface area contributed by atoms with Gasteiger partial charge < -0.3 is 14.8 Å². The fraction of sp³-hybridized carbons (Fsp3) is 0.158. The predicted molar refractivity (Wildman–Crippen MR) is 91.4 cm³/mol. The molecule has 142 valence electrons. The van der Waals surface area contributed by atoms with Gasteiger partial charge in [0.25, 0.3) is 0 Å². The number of ether oxygens (including phenoxy) is 2. The van der Waals surface area contributed by atoms with Crippen molar-refractivity contribution in [2.75, 3.05) is 6.54 Å². The Hall–Kier alpha value is -3.29. The second-order valence-corrected chi connectivity index (χ2v) is 5.28. The van der Waals surface area contributed by atoms with E-state index in [2.05, 4.69) is 10.1 Å². The molecule has 1 amide bonds. The number of benzene rings is 2. The highest BCUT2D eigenvalue weighted by molar-refractivity contribution is 5.93. The van der Waals surface area contributed by atoms with Gasteiger partial charge in [-0.15, -0.1) is 13.2 Å². The van der Waals surface area contributed by atoms with Crippen LogP contribution in [0.2, 0.25) is 0 Å². The zero-order chi connectivity index (χ0) is 19.7. The van der Waals surface area contributed by atoms with Crippen molar-refractivity contribution >= 4 is 18.0 Å². The molecule has 0 saturated heterocycles. The summed E-state index contributed by atoms with van der Waals surface area (Å²) in [5, 5.41) is 2.29. The highest BCUT2D eigenvalue weighted by Crippen LogP contribution is 2.26. The van der Waals surface area contributed by atoms with Gasteiger partial charge in [0, 0.05) is 11.6 Å². The Morgan fingerprint density at radius 2 is 1.67 bits per heavy atom. The van der Waals surface area contributed by atoms with E-state index in [0.717, 1.165) is 23.8 Å². The summed E-state index contributed by atoms with van der Waals surface area (Å²) >= 11 is 0. The number of alkyl halides is 3. The second kappa shape index (κ2) is 9.42. The number of rotatable bonds is 7. The van der Waals surface area contributed by atoms with Crippen LogP contribution in [0.3, 0.4) is 0 Å². The molecule has 0 aliphatic heterocycles. The Morgan fingerprint density at radius 1 is 1.00 bits per heavy atom. The van der Waals surface area contributed by atoms with Crippen molar-refractivity contribution in [2.45, 2.75) is 13.0 Å². The Morgan fingerprint density at radius 3 is 2.37 bits per heavy atom. The molecule has 2 aromatic carbocycles. The average Bonchev–Trinajstić information content (AvgIpc) is 2.63. The van der Waals surface area contributed by atoms with E-state index in [1.807, 2.05) is 6.07 Å². The quantitative estimate of drug-likeness (QED) is 0.591. The first-order valence-electron chi connectivity index (χ1n) is 7.84. The molecule has 0 unspecified atom stereocenters. The summed E-state index contributed by atoms with van der Waals surface area (Å²) in [4.78, 5) is 23.3. The lowest BCUT2D eigenvalue weighted by molar-refractivity contribution is -0.274. The van der Waals surface area contributed by atoms with Gasteiger partial charge in [0.15, 0.2) is 0 Å². The van der Waals surface area contributed by atoms with Gasteiger partial charge in [-0.1, -0.05) is 48.5 Å². The number of carbonyl (C=O) groups is 2. The molecule has 8 heteroatoms. The van der Waals surface area contributed by atoms with Crippen molar-refractivity contribution in [2.24, 2.45) is 0 Å². The van der Waals surface area contributed by atoms with Gasteiger partial charge >= 0.3 is 12.3 Å². The summed E-state index contributed by atoms with van der Waals surface area (Å²) in [5.41, 5.74) is 0.870. The molecule has 27 heavy (non-hydrogen) atoms. The molecular weight excluding hydrogens is 363 g/mol. The third-order valence-electron chi connectivity index (χ3n) is 3.21. The Bertz CT molecular complexity index is 804. The fourth-order valence-electron chi connectivity index (χ4n) is 2.01. The van der Waals surface area contributed by atoms with E-state index >= 15 is 0 Å². The Kier molecular flexibility index (Phi) is 6.99. The number of esters is 1. The van der Waals surface area contributed by atoms with Gasteiger partial charge in [-0.25, -0.2) is 0 Å². The van der Waals surface area contributed by atoms with Crippen molar-refractivity contribution in [3.8, 4) is 5.75 Å². The molecule has 5 nitrogen and oxygen atoms in total. The monoisotopic (exact) mass is 379 g/mol. The van der Waals surface area contributed by atoms with Gasteiger partial charge in [-0.3, -0.25) is 9.59 Å². The summed E-state index contributed by atoms with van der Waals surface area (Å²) in [6.07, 6.45) is -2.68. The van der Waals surface area contributed by atoms with Crippen LogP contribution in [0.25, 0.3) is 6.08 Å². The lowest BCUT2D eigenvalue weighted by Crippen LogP contribution is -2.29. The largest absolute Gasteiger partial charge is 0.573 e. The number of amides is 1. The summed E-state index contributed by atoms with van der Waals surface area (Å²) in [5.74, 6) is -1.73. The van der Waals surface area contributed by atoms with Crippen molar-refractivity contribution in [3.63, 3.8) is 0 Å². The lowest BCUT2D eigenvalue weighted by atomic mass is 10.2. The van der Waals surface area contributed by atoms with Gasteiger partial charge in [0.1, 0.15) is 18.9 Å². The summed E-state index contributed by atoms with van der Waals surface area (Å²) < 4.78 is 45.9. The minimum atomic E-state index is -4.84. The second-order valence-electron chi connectivity index (χ2n) is 5.28. The van der Waals surface area contributed by atoms with Crippen molar-refractivity contribution in [3.05, 3.63) is 71.8 Å². The Labute approximate surface area is 153 Å². The molecule has 1 N–H and O–H groups in total. The molecule has 2 aromatic rings. The molecule has 0 aliphatic carbocycles. The first kappa shape index (κ1) is 20.0. The maximum absolute atomic E-state index is 12.3. The maximum Gasteiger partial charge on any atom is 0.573 e. The SMILES string of the molecule is O=C(/C=C/c1ccccc1OC(F)(F)F)NCC(=O)OCc1ccccc1. The number of nitrogens with one attached hydrogen (secondary N) is 1. The number of carbonyl (C=O) groups excluding carboxylic acids is 2. The van der Waals surface area contributed by atoms with E-state index in [1.165, 1.54) is 18.2 Å². The van der Waals surface area contributed by atoms with Gasteiger partial charge in [0.05, 0.1) is 0 Å². The van der Waals surface area contributed by atoms with E-state index in [4.69, 9.17) is 4.74 Å². The van der Waals surface area contributed by atoms with E-state index in [0.29, 0.717) is 0 Å². The first-order valence-corrected chi connectivity index (χ1v) is 7.84. The van der Waals surface area contributed by atoms with Crippen LogP contribution in [0.1, 0.15) is 11.1 Å². The topological polar surface area (TPSA) is 64.6 Å². The molecule has 0 aromatic heterocycles. The highest BCUT2D eigenvalue weighted by atomic mass is 19.4. The van der Waals surface area contributed by atoms with Crippen LogP contribution < -0.4 is 10.1 Å².